The Bertz CT molecular complexity index is 974. The predicted molar refractivity (Wildman–Crippen MR) is 131 cm³/mol. The lowest BCUT2D eigenvalue weighted by Gasteiger charge is -2.28. The van der Waals surface area contributed by atoms with Crippen LogP contribution in [0, 0.1) is 5.92 Å². The van der Waals surface area contributed by atoms with E-state index in [9.17, 15) is 14.4 Å². The zero-order valence-electron chi connectivity index (χ0n) is 20.1. The van der Waals surface area contributed by atoms with Gasteiger partial charge in [-0.25, -0.2) is 4.79 Å². The molecule has 0 bridgehead atoms. The molecule has 3 rings (SSSR count). The van der Waals surface area contributed by atoms with Crippen molar-refractivity contribution in [1.82, 2.24) is 10.2 Å². The number of fused-ring (bicyclic) bond motifs is 3. The van der Waals surface area contributed by atoms with Crippen LogP contribution in [0.15, 0.2) is 48.5 Å². The van der Waals surface area contributed by atoms with Crippen LogP contribution in [0.3, 0.4) is 0 Å². The fraction of sp³-hybridized carbons (Fsp3) is 0.444. The van der Waals surface area contributed by atoms with Crippen molar-refractivity contribution in [2.75, 3.05) is 19.7 Å². The Morgan fingerprint density at radius 2 is 1.59 bits per heavy atom. The Hall–Kier alpha value is -3.35. The van der Waals surface area contributed by atoms with Gasteiger partial charge in [0.15, 0.2) is 0 Å². The van der Waals surface area contributed by atoms with Gasteiger partial charge in [-0.3, -0.25) is 9.59 Å². The summed E-state index contributed by atoms with van der Waals surface area (Å²) in [5, 5.41) is 11.8. The molecule has 0 aromatic heterocycles. The fourth-order valence-corrected chi connectivity index (χ4v) is 4.53. The van der Waals surface area contributed by atoms with Crippen molar-refractivity contribution in [1.29, 1.82) is 0 Å². The number of rotatable bonds is 11. The minimum Gasteiger partial charge on any atom is -0.481 e. The molecule has 0 unspecified atom stereocenters. The molecule has 1 aliphatic rings. The summed E-state index contributed by atoms with van der Waals surface area (Å²) < 4.78 is 5.62. The van der Waals surface area contributed by atoms with Crippen LogP contribution < -0.4 is 5.32 Å². The maximum absolute atomic E-state index is 13.2. The van der Waals surface area contributed by atoms with E-state index in [2.05, 4.69) is 29.6 Å². The Balaban J connectivity index is 1.68. The van der Waals surface area contributed by atoms with Crippen LogP contribution in [-0.2, 0) is 14.3 Å². The summed E-state index contributed by atoms with van der Waals surface area (Å²) in [6.45, 7) is 6.59. The van der Waals surface area contributed by atoms with Crippen molar-refractivity contribution in [2.45, 2.75) is 52.0 Å². The summed E-state index contributed by atoms with van der Waals surface area (Å²) in [6, 6.07) is 15.4. The Morgan fingerprint density at radius 3 is 2.12 bits per heavy atom. The third-order valence-corrected chi connectivity index (χ3v) is 6.04. The number of nitrogens with zero attached hydrogens (tertiary/aromatic N) is 1. The number of amides is 2. The highest BCUT2D eigenvalue weighted by Gasteiger charge is 2.31. The average molecular weight is 467 g/mol. The van der Waals surface area contributed by atoms with E-state index >= 15 is 0 Å². The standard InChI is InChI=1S/C27H34N2O5/c1-4-14-29(15-13-25(30)31)26(32)24(16-18(2)3)28-27(33)34-17-23-21-11-7-5-9-19(21)20-10-6-8-12-22(20)23/h5-12,18,23-24H,4,13-17H2,1-3H3,(H,28,33)(H,30,31)/t24-/m0/s1. The van der Waals surface area contributed by atoms with E-state index in [4.69, 9.17) is 9.84 Å². The SMILES string of the molecule is CCCN(CCC(=O)O)C(=O)[C@H](CC(C)C)NC(=O)OCC1c2ccccc2-c2ccccc21. The molecule has 34 heavy (non-hydrogen) atoms. The van der Waals surface area contributed by atoms with Crippen LogP contribution in [0.5, 0.6) is 0 Å². The number of hydrogen-bond acceptors (Lipinski definition) is 4. The molecule has 0 heterocycles. The number of carboxylic acid groups (broad SMARTS) is 1. The molecule has 7 heteroatoms. The molecule has 1 atom stereocenters. The first-order valence-electron chi connectivity index (χ1n) is 11.9. The lowest BCUT2D eigenvalue weighted by Crippen LogP contribution is -2.50. The summed E-state index contributed by atoms with van der Waals surface area (Å²) in [5.41, 5.74) is 4.53. The highest BCUT2D eigenvalue weighted by Crippen LogP contribution is 2.44. The molecule has 2 aromatic rings. The molecule has 0 spiro atoms. The number of carboxylic acids is 1. The van der Waals surface area contributed by atoms with E-state index < -0.39 is 18.1 Å². The maximum atomic E-state index is 13.2. The van der Waals surface area contributed by atoms with Gasteiger partial charge in [-0.2, -0.15) is 0 Å². The fourth-order valence-electron chi connectivity index (χ4n) is 4.53. The third kappa shape index (κ3) is 6.16. The van der Waals surface area contributed by atoms with Crippen molar-refractivity contribution in [2.24, 2.45) is 5.92 Å². The Labute approximate surface area is 201 Å². The number of nitrogens with one attached hydrogen (secondary N) is 1. The van der Waals surface area contributed by atoms with Gasteiger partial charge in [0.05, 0.1) is 6.42 Å². The Morgan fingerprint density at radius 1 is 1.00 bits per heavy atom. The van der Waals surface area contributed by atoms with Gasteiger partial charge in [-0.15, -0.1) is 0 Å². The van der Waals surface area contributed by atoms with Gasteiger partial charge in [-0.05, 0) is 41.0 Å². The number of carbonyl (C=O) groups is 3. The second-order valence-corrected chi connectivity index (χ2v) is 9.12. The van der Waals surface area contributed by atoms with Gasteiger partial charge in [0, 0.05) is 19.0 Å². The topological polar surface area (TPSA) is 95.9 Å². The van der Waals surface area contributed by atoms with Gasteiger partial charge >= 0.3 is 12.1 Å². The van der Waals surface area contributed by atoms with Crippen molar-refractivity contribution in [3.8, 4) is 11.1 Å². The second kappa shape index (κ2) is 11.7. The van der Waals surface area contributed by atoms with E-state index in [0.29, 0.717) is 19.4 Å². The largest absolute Gasteiger partial charge is 0.481 e. The van der Waals surface area contributed by atoms with Gasteiger partial charge in [0.2, 0.25) is 5.91 Å². The molecule has 0 radical (unpaired) electrons. The summed E-state index contributed by atoms with van der Waals surface area (Å²) in [4.78, 5) is 38.5. The van der Waals surface area contributed by atoms with Crippen LogP contribution in [0.2, 0.25) is 0 Å². The van der Waals surface area contributed by atoms with Crippen LogP contribution in [-0.4, -0.2) is 53.7 Å². The number of hydrogen-bond donors (Lipinski definition) is 2. The molecule has 182 valence electrons. The monoisotopic (exact) mass is 466 g/mol. The van der Waals surface area contributed by atoms with Crippen molar-refractivity contribution in [3.63, 3.8) is 0 Å². The smallest absolute Gasteiger partial charge is 0.407 e. The first-order chi connectivity index (χ1) is 16.3. The normalized spacial score (nSPS) is 13.2. The highest BCUT2D eigenvalue weighted by molar-refractivity contribution is 5.86. The Kier molecular flexibility index (Phi) is 8.68. The number of alkyl carbamates (subject to hydrolysis) is 1. The van der Waals surface area contributed by atoms with Gasteiger partial charge in [0.25, 0.3) is 0 Å². The number of carbonyl (C=O) groups excluding carboxylic acids is 2. The van der Waals surface area contributed by atoms with E-state index in [0.717, 1.165) is 22.3 Å². The van der Waals surface area contributed by atoms with E-state index in [1.807, 2.05) is 45.0 Å². The minimum absolute atomic E-state index is 0.0652. The molecular formula is C27H34N2O5. The third-order valence-electron chi connectivity index (χ3n) is 6.04. The first-order valence-corrected chi connectivity index (χ1v) is 11.9. The molecule has 0 saturated carbocycles. The molecule has 2 aromatic carbocycles. The van der Waals surface area contributed by atoms with Gasteiger partial charge in [0.1, 0.15) is 12.6 Å². The molecule has 0 fully saturated rings. The second-order valence-electron chi connectivity index (χ2n) is 9.12. The summed E-state index contributed by atoms with van der Waals surface area (Å²) in [6.07, 6.45) is 0.363. The predicted octanol–water partition coefficient (Wildman–Crippen LogP) is 4.65. The molecule has 2 amide bonds. The van der Waals surface area contributed by atoms with Crippen molar-refractivity contribution < 1.29 is 24.2 Å². The van der Waals surface area contributed by atoms with Crippen LogP contribution in [0.1, 0.15) is 57.1 Å². The summed E-state index contributed by atoms with van der Waals surface area (Å²) in [7, 11) is 0. The summed E-state index contributed by atoms with van der Waals surface area (Å²) in [5.74, 6) is -1.14. The average Bonchev–Trinajstić information content (AvgIpc) is 3.13. The number of ether oxygens (including phenoxy) is 1. The van der Waals surface area contributed by atoms with Crippen LogP contribution in [0.4, 0.5) is 4.79 Å². The van der Waals surface area contributed by atoms with Crippen LogP contribution in [0.25, 0.3) is 11.1 Å². The lowest BCUT2D eigenvalue weighted by atomic mass is 9.98. The lowest BCUT2D eigenvalue weighted by molar-refractivity contribution is -0.139. The van der Waals surface area contributed by atoms with Crippen molar-refractivity contribution >= 4 is 18.0 Å². The molecular weight excluding hydrogens is 432 g/mol. The summed E-state index contributed by atoms with van der Waals surface area (Å²) >= 11 is 0. The maximum Gasteiger partial charge on any atom is 0.407 e. The van der Waals surface area contributed by atoms with Crippen molar-refractivity contribution in [3.05, 3.63) is 59.7 Å². The molecule has 0 saturated heterocycles. The molecule has 1 aliphatic carbocycles. The minimum atomic E-state index is -0.959. The van der Waals surface area contributed by atoms with Gasteiger partial charge < -0.3 is 20.1 Å². The number of aliphatic carboxylic acids is 1. The van der Waals surface area contributed by atoms with Crippen LogP contribution >= 0.6 is 0 Å². The van der Waals surface area contributed by atoms with Gasteiger partial charge in [-0.1, -0.05) is 69.3 Å². The molecule has 0 aliphatic heterocycles. The highest BCUT2D eigenvalue weighted by atomic mass is 16.5. The molecule has 7 nitrogen and oxygen atoms in total. The van der Waals surface area contributed by atoms with E-state index in [1.54, 1.807) is 0 Å². The van der Waals surface area contributed by atoms with E-state index in [-0.39, 0.29) is 37.3 Å². The molecule has 2 N–H and O–H groups in total. The zero-order valence-corrected chi connectivity index (χ0v) is 20.1. The zero-order chi connectivity index (χ0) is 24.7. The van der Waals surface area contributed by atoms with E-state index in [1.165, 1.54) is 4.90 Å². The first kappa shape index (κ1) is 25.3. The number of benzene rings is 2. The quantitative estimate of drug-likeness (QED) is 0.502.